The van der Waals surface area contributed by atoms with E-state index in [9.17, 15) is 30.6 Å². The van der Waals surface area contributed by atoms with Gasteiger partial charge in [-0.15, -0.1) is 0 Å². The predicted molar refractivity (Wildman–Crippen MR) is 126 cm³/mol. The molecule has 0 unspecified atom stereocenters. The number of phenolic OH excluding ortho intramolecular Hbond substituents is 6. The van der Waals surface area contributed by atoms with Gasteiger partial charge in [0.25, 0.3) is 0 Å². The largest absolute Gasteiger partial charge is 0.508 e. The predicted octanol–water partition coefficient (Wildman–Crippen LogP) is 5.07. The topological polar surface area (TPSA) is 131 Å². The Morgan fingerprint density at radius 2 is 1.17 bits per heavy atom. The molecule has 0 fully saturated rings. The van der Waals surface area contributed by atoms with Crippen LogP contribution in [0.2, 0.25) is 0 Å². The smallest absolute Gasteiger partial charge is 0.131 e. The van der Waals surface area contributed by atoms with Crippen molar-refractivity contribution in [1.29, 1.82) is 0 Å². The molecule has 4 aromatic carbocycles. The molecular weight excluding hydrogens is 448 g/mol. The van der Waals surface area contributed by atoms with Crippen LogP contribution in [0.1, 0.15) is 51.7 Å². The zero-order chi connectivity index (χ0) is 24.4. The van der Waals surface area contributed by atoms with Crippen molar-refractivity contribution in [2.75, 3.05) is 0 Å². The van der Waals surface area contributed by atoms with E-state index in [4.69, 9.17) is 4.74 Å². The summed E-state index contributed by atoms with van der Waals surface area (Å²) in [5.74, 6) is -1.03. The lowest BCUT2D eigenvalue weighted by molar-refractivity contribution is 0.135. The van der Waals surface area contributed by atoms with Crippen LogP contribution in [0.5, 0.6) is 40.2 Å². The first-order valence-corrected chi connectivity index (χ1v) is 11.2. The molecule has 2 aliphatic rings. The van der Waals surface area contributed by atoms with Gasteiger partial charge >= 0.3 is 0 Å². The molecule has 176 valence electrons. The fourth-order valence-electron chi connectivity index (χ4n) is 5.79. The summed E-state index contributed by atoms with van der Waals surface area (Å²) in [6.45, 7) is 0. The van der Waals surface area contributed by atoms with Gasteiger partial charge in [-0.3, -0.25) is 0 Å². The highest BCUT2D eigenvalue weighted by Crippen LogP contribution is 2.65. The highest BCUT2D eigenvalue weighted by Gasteiger charge is 2.52. The molecule has 6 rings (SSSR count). The summed E-state index contributed by atoms with van der Waals surface area (Å²) in [6.07, 6.45) is -0.578. The fourth-order valence-corrected chi connectivity index (χ4v) is 5.79. The van der Waals surface area contributed by atoms with Crippen molar-refractivity contribution < 1.29 is 35.4 Å². The van der Waals surface area contributed by atoms with Crippen LogP contribution in [-0.2, 0) is 0 Å². The van der Waals surface area contributed by atoms with Crippen LogP contribution >= 0.6 is 0 Å². The Morgan fingerprint density at radius 1 is 0.514 bits per heavy atom. The molecule has 0 amide bonds. The molecule has 35 heavy (non-hydrogen) atoms. The molecule has 6 N–H and O–H groups in total. The Morgan fingerprint density at radius 3 is 1.89 bits per heavy atom. The molecule has 7 nitrogen and oxygen atoms in total. The Kier molecular flexibility index (Phi) is 4.51. The summed E-state index contributed by atoms with van der Waals surface area (Å²) in [7, 11) is 0. The van der Waals surface area contributed by atoms with Crippen molar-refractivity contribution in [3.8, 4) is 40.2 Å². The van der Waals surface area contributed by atoms with E-state index in [0.29, 0.717) is 22.4 Å². The first-order chi connectivity index (χ1) is 16.8. The molecule has 4 atom stereocenters. The Bertz CT molecular complexity index is 1440. The quantitative estimate of drug-likeness (QED) is 0.241. The van der Waals surface area contributed by atoms with Crippen LogP contribution in [0.25, 0.3) is 0 Å². The molecule has 1 aliphatic heterocycles. The third-order valence-electron chi connectivity index (χ3n) is 7.03. The lowest BCUT2D eigenvalue weighted by atomic mass is 9.73. The van der Waals surface area contributed by atoms with Crippen LogP contribution in [0, 0.1) is 0 Å². The van der Waals surface area contributed by atoms with Gasteiger partial charge in [0.05, 0.1) is 0 Å². The lowest BCUT2D eigenvalue weighted by Gasteiger charge is -2.39. The van der Waals surface area contributed by atoms with E-state index < -0.39 is 12.0 Å². The fraction of sp³-hybridized carbons (Fsp3) is 0.143. The first-order valence-electron chi connectivity index (χ1n) is 11.2. The van der Waals surface area contributed by atoms with Crippen molar-refractivity contribution >= 4 is 0 Å². The molecule has 0 spiro atoms. The number of fused-ring (bicyclic) bond motifs is 5. The average Bonchev–Trinajstić information content (AvgIpc) is 3.14. The number of ether oxygens (including phenoxy) is 1. The second kappa shape index (κ2) is 7.50. The molecule has 0 aromatic heterocycles. The molecule has 1 heterocycles. The van der Waals surface area contributed by atoms with Gasteiger partial charge in [0.1, 0.15) is 46.4 Å². The SMILES string of the molecule is Oc1ccc([C@@H]2Oc3cc(O)ccc3[C@H]3[C@H](c4cc(O)cc(O)c4)c4c(O)cc(O)cc4[C@H]32)cc1. The number of aromatic hydroxyl groups is 6. The first kappa shape index (κ1) is 21.0. The van der Waals surface area contributed by atoms with Crippen molar-refractivity contribution in [2.45, 2.75) is 23.9 Å². The van der Waals surface area contributed by atoms with Crippen molar-refractivity contribution in [1.82, 2.24) is 0 Å². The van der Waals surface area contributed by atoms with Gasteiger partial charge in [0.2, 0.25) is 0 Å². The zero-order valence-corrected chi connectivity index (χ0v) is 18.3. The molecule has 0 saturated heterocycles. The minimum absolute atomic E-state index is 0.0363. The Balaban J connectivity index is 1.66. The third kappa shape index (κ3) is 3.27. The highest BCUT2D eigenvalue weighted by atomic mass is 16.5. The van der Waals surface area contributed by atoms with Gasteiger partial charge in [0.15, 0.2) is 0 Å². The molecular formula is C28H22O7. The van der Waals surface area contributed by atoms with E-state index in [1.807, 2.05) is 0 Å². The van der Waals surface area contributed by atoms with Gasteiger partial charge in [-0.2, -0.15) is 0 Å². The van der Waals surface area contributed by atoms with Crippen LogP contribution in [0.3, 0.4) is 0 Å². The second-order valence-corrected chi connectivity index (χ2v) is 9.13. The van der Waals surface area contributed by atoms with E-state index in [1.54, 1.807) is 54.6 Å². The highest BCUT2D eigenvalue weighted by molar-refractivity contribution is 5.63. The molecule has 7 heteroatoms. The van der Waals surface area contributed by atoms with Gasteiger partial charge in [0, 0.05) is 41.5 Å². The molecule has 0 saturated carbocycles. The number of phenols is 6. The minimum Gasteiger partial charge on any atom is -0.508 e. The van der Waals surface area contributed by atoms with Gasteiger partial charge in [-0.05, 0) is 58.7 Å². The van der Waals surface area contributed by atoms with Crippen LogP contribution in [-0.4, -0.2) is 30.6 Å². The summed E-state index contributed by atoms with van der Waals surface area (Å²) >= 11 is 0. The number of hydrogen-bond acceptors (Lipinski definition) is 7. The van der Waals surface area contributed by atoms with E-state index in [-0.39, 0.29) is 46.3 Å². The van der Waals surface area contributed by atoms with E-state index in [1.165, 1.54) is 18.2 Å². The maximum atomic E-state index is 11.0. The summed E-state index contributed by atoms with van der Waals surface area (Å²) in [5, 5.41) is 61.9. The Hall–Kier alpha value is -4.52. The number of rotatable bonds is 2. The van der Waals surface area contributed by atoms with E-state index in [2.05, 4.69) is 0 Å². The lowest BCUT2D eigenvalue weighted by Crippen LogP contribution is -2.27. The maximum absolute atomic E-state index is 11.0. The van der Waals surface area contributed by atoms with Crippen LogP contribution in [0.4, 0.5) is 0 Å². The zero-order valence-electron chi connectivity index (χ0n) is 18.3. The standard InChI is InChI=1S/C28H22O7/c29-15-3-1-13(2-4-15)28-27-21-10-19(33)11-22(34)25(21)24(14-7-17(31)9-18(32)8-14)26(27)20-6-5-16(30)12-23(20)35-28/h1-12,24,26-34H/t24-,26+,27-,28+/m1/s1. The van der Waals surface area contributed by atoms with Crippen LogP contribution < -0.4 is 4.74 Å². The van der Waals surface area contributed by atoms with Gasteiger partial charge < -0.3 is 35.4 Å². The monoisotopic (exact) mass is 470 g/mol. The van der Waals surface area contributed by atoms with Gasteiger partial charge in [-0.25, -0.2) is 0 Å². The second-order valence-electron chi connectivity index (χ2n) is 9.13. The van der Waals surface area contributed by atoms with Crippen LogP contribution in [0.15, 0.2) is 72.8 Å². The minimum atomic E-state index is -0.578. The van der Waals surface area contributed by atoms with E-state index in [0.717, 1.165) is 11.1 Å². The molecule has 0 radical (unpaired) electrons. The summed E-state index contributed by atoms with van der Waals surface area (Å²) in [4.78, 5) is 0. The maximum Gasteiger partial charge on any atom is 0.131 e. The summed E-state index contributed by atoms with van der Waals surface area (Å²) < 4.78 is 6.42. The molecule has 1 aliphatic carbocycles. The van der Waals surface area contributed by atoms with Crippen molar-refractivity contribution in [3.05, 3.63) is 101 Å². The summed E-state index contributed by atoms with van der Waals surface area (Å²) in [5.41, 5.74) is 3.38. The summed E-state index contributed by atoms with van der Waals surface area (Å²) in [6, 6.07) is 18.7. The van der Waals surface area contributed by atoms with E-state index >= 15 is 0 Å². The molecule has 0 bridgehead atoms. The van der Waals surface area contributed by atoms with Crippen molar-refractivity contribution in [3.63, 3.8) is 0 Å². The number of hydrogen-bond donors (Lipinski definition) is 6. The number of benzene rings is 4. The van der Waals surface area contributed by atoms with Gasteiger partial charge in [-0.1, -0.05) is 18.2 Å². The molecule has 4 aromatic rings. The van der Waals surface area contributed by atoms with Crippen molar-refractivity contribution in [2.24, 2.45) is 0 Å². The normalized spacial score (nSPS) is 22.1. The Labute approximate surface area is 200 Å². The average molecular weight is 470 g/mol. The third-order valence-corrected chi connectivity index (χ3v) is 7.03.